The molecular formula is C10H19N3. The Morgan fingerprint density at radius 3 is 2.31 bits per heavy atom. The summed E-state index contributed by atoms with van der Waals surface area (Å²) in [5.74, 6) is 0. The van der Waals surface area contributed by atoms with Gasteiger partial charge in [-0.25, -0.2) is 0 Å². The first-order valence-corrected chi connectivity index (χ1v) is 4.58. The summed E-state index contributed by atoms with van der Waals surface area (Å²) in [6, 6.07) is 0.0567. The summed E-state index contributed by atoms with van der Waals surface area (Å²) in [7, 11) is 1.94. The van der Waals surface area contributed by atoms with Gasteiger partial charge in [-0.05, 0) is 12.3 Å². The summed E-state index contributed by atoms with van der Waals surface area (Å²) in [5, 5.41) is 4.19. The quantitative estimate of drug-likeness (QED) is 0.717. The lowest BCUT2D eigenvalue weighted by molar-refractivity contribution is 0.326. The van der Waals surface area contributed by atoms with E-state index in [4.69, 9.17) is 5.73 Å². The predicted octanol–water partition coefficient (Wildman–Crippen LogP) is 1.77. The van der Waals surface area contributed by atoms with E-state index in [0.29, 0.717) is 0 Å². The zero-order chi connectivity index (χ0) is 10.2. The van der Waals surface area contributed by atoms with Crippen LogP contribution in [0.15, 0.2) is 6.20 Å². The van der Waals surface area contributed by atoms with Crippen LogP contribution in [0.2, 0.25) is 0 Å². The highest BCUT2D eigenvalue weighted by Gasteiger charge is 2.24. The number of nitrogens with zero attached hydrogens (tertiary/aromatic N) is 2. The van der Waals surface area contributed by atoms with Crippen molar-refractivity contribution in [2.24, 2.45) is 18.2 Å². The van der Waals surface area contributed by atoms with Crippen molar-refractivity contribution in [1.29, 1.82) is 0 Å². The van der Waals surface area contributed by atoms with Crippen LogP contribution in [0.25, 0.3) is 0 Å². The monoisotopic (exact) mass is 181 g/mol. The average Bonchev–Trinajstić information content (AvgIpc) is 2.30. The first-order chi connectivity index (χ1) is 5.84. The largest absolute Gasteiger partial charge is 0.323 e. The molecule has 3 nitrogen and oxygen atoms in total. The zero-order valence-electron chi connectivity index (χ0n) is 9.13. The molecule has 0 aliphatic carbocycles. The van der Waals surface area contributed by atoms with Crippen LogP contribution in [0.1, 0.15) is 38.1 Å². The molecule has 0 aromatic carbocycles. The van der Waals surface area contributed by atoms with Crippen LogP contribution in [0.3, 0.4) is 0 Å². The van der Waals surface area contributed by atoms with Crippen LogP contribution in [-0.2, 0) is 7.05 Å². The molecule has 1 unspecified atom stereocenters. The van der Waals surface area contributed by atoms with Gasteiger partial charge in [0.25, 0.3) is 0 Å². The van der Waals surface area contributed by atoms with Gasteiger partial charge in [-0.15, -0.1) is 0 Å². The Kier molecular flexibility index (Phi) is 2.48. The lowest BCUT2D eigenvalue weighted by atomic mass is 9.83. The maximum absolute atomic E-state index is 6.13. The van der Waals surface area contributed by atoms with Crippen LogP contribution in [0.4, 0.5) is 0 Å². The highest BCUT2D eigenvalue weighted by atomic mass is 15.3. The molecule has 0 saturated heterocycles. The number of hydrogen-bond acceptors (Lipinski definition) is 2. The number of rotatable bonds is 1. The predicted molar refractivity (Wildman–Crippen MR) is 54.3 cm³/mol. The van der Waals surface area contributed by atoms with Crippen molar-refractivity contribution in [1.82, 2.24) is 9.78 Å². The third-order valence-electron chi connectivity index (χ3n) is 2.54. The third kappa shape index (κ3) is 1.91. The molecule has 74 valence electrons. The smallest absolute Gasteiger partial charge is 0.0540 e. The minimum absolute atomic E-state index is 0.0567. The molecule has 13 heavy (non-hydrogen) atoms. The molecule has 0 saturated carbocycles. The Morgan fingerprint density at radius 1 is 1.46 bits per heavy atom. The second kappa shape index (κ2) is 3.14. The van der Waals surface area contributed by atoms with E-state index in [0.717, 1.165) is 11.3 Å². The molecule has 1 atom stereocenters. The van der Waals surface area contributed by atoms with Crippen molar-refractivity contribution in [3.63, 3.8) is 0 Å². The summed E-state index contributed by atoms with van der Waals surface area (Å²) < 4.78 is 1.86. The fraction of sp³-hybridized carbons (Fsp3) is 0.700. The van der Waals surface area contributed by atoms with E-state index < -0.39 is 0 Å². The van der Waals surface area contributed by atoms with Gasteiger partial charge < -0.3 is 5.73 Å². The number of hydrogen-bond donors (Lipinski definition) is 1. The second-order valence-electron chi connectivity index (χ2n) is 4.65. The molecule has 0 radical (unpaired) electrons. The van der Waals surface area contributed by atoms with Gasteiger partial charge in [0.15, 0.2) is 0 Å². The fourth-order valence-electron chi connectivity index (χ4n) is 1.29. The molecule has 1 heterocycles. The van der Waals surface area contributed by atoms with Crippen LogP contribution in [0, 0.1) is 12.3 Å². The molecule has 0 spiro atoms. The SMILES string of the molecule is Cc1c(C(N)C(C)(C)C)cnn1C. The second-order valence-corrected chi connectivity index (χ2v) is 4.65. The molecule has 0 aliphatic heterocycles. The van der Waals surface area contributed by atoms with Gasteiger partial charge in [0.05, 0.1) is 6.20 Å². The van der Waals surface area contributed by atoms with E-state index in [1.807, 2.05) is 24.9 Å². The molecular weight excluding hydrogens is 162 g/mol. The molecule has 0 fully saturated rings. The van der Waals surface area contributed by atoms with Gasteiger partial charge in [-0.1, -0.05) is 20.8 Å². The van der Waals surface area contributed by atoms with Gasteiger partial charge in [0.1, 0.15) is 0 Å². The van der Waals surface area contributed by atoms with Gasteiger partial charge in [0.2, 0.25) is 0 Å². The summed E-state index contributed by atoms with van der Waals surface area (Å²) in [6.07, 6.45) is 1.87. The molecule has 3 heteroatoms. The molecule has 1 aromatic heterocycles. The Labute approximate surface area is 79.9 Å². The molecule has 1 aromatic rings. The summed E-state index contributed by atoms with van der Waals surface area (Å²) in [6.45, 7) is 8.48. The first-order valence-electron chi connectivity index (χ1n) is 4.58. The number of aromatic nitrogens is 2. The Bertz CT molecular complexity index is 294. The Balaban J connectivity index is 3.02. The Hall–Kier alpha value is -0.830. The van der Waals surface area contributed by atoms with Gasteiger partial charge in [-0.3, -0.25) is 4.68 Å². The van der Waals surface area contributed by atoms with Crippen LogP contribution >= 0.6 is 0 Å². The van der Waals surface area contributed by atoms with Crippen LogP contribution in [-0.4, -0.2) is 9.78 Å². The minimum Gasteiger partial charge on any atom is -0.323 e. The Morgan fingerprint density at radius 2 is 2.00 bits per heavy atom. The van der Waals surface area contributed by atoms with E-state index in [1.54, 1.807) is 0 Å². The number of nitrogens with two attached hydrogens (primary N) is 1. The van der Waals surface area contributed by atoms with Crippen molar-refractivity contribution >= 4 is 0 Å². The van der Waals surface area contributed by atoms with Gasteiger partial charge in [0, 0.05) is 24.3 Å². The fourth-order valence-corrected chi connectivity index (χ4v) is 1.29. The maximum atomic E-state index is 6.13. The van der Waals surface area contributed by atoms with E-state index >= 15 is 0 Å². The van der Waals surface area contributed by atoms with Crippen molar-refractivity contribution in [3.05, 3.63) is 17.5 Å². The minimum atomic E-state index is 0.0567. The van der Waals surface area contributed by atoms with E-state index in [9.17, 15) is 0 Å². The molecule has 1 rings (SSSR count). The highest BCUT2D eigenvalue weighted by molar-refractivity contribution is 5.21. The lowest BCUT2D eigenvalue weighted by Gasteiger charge is -2.26. The van der Waals surface area contributed by atoms with Crippen LogP contribution < -0.4 is 5.73 Å². The molecule has 0 bridgehead atoms. The molecule has 0 aliphatic rings. The van der Waals surface area contributed by atoms with Gasteiger partial charge >= 0.3 is 0 Å². The molecule has 2 N–H and O–H groups in total. The van der Waals surface area contributed by atoms with E-state index in [-0.39, 0.29) is 11.5 Å². The summed E-state index contributed by atoms with van der Waals surface area (Å²) in [5.41, 5.74) is 8.53. The normalized spacial score (nSPS) is 14.6. The van der Waals surface area contributed by atoms with Crippen molar-refractivity contribution in [2.75, 3.05) is 0 Å². The number of aryl methyl sites for hydroxylation is 1. The van der Waals surface area contributed by atoms with E-state index in [1.165, 1.54) is 0 Å². The van der Waals surface area contributed by atoms with Crippen molar-refractivity contribution < 1.29 is 0 Å². The first kappa shape index (κ1) is 10.3. The zero-order valence-corrected chi connectivity index (χ0v) is 9.13. The maximum Gasteiger partial charge on any atom is 0.0540 e. The third-order valence-corrected chi connectivity index (χ3v) is 2.54. The standard InChI is InChI=1S/C10H19N3/c1-7-8(6-12-13(7)5)9(11)10(2,3)4/h6,9H,11H2,1-5H3. The lowest BCUT2D eigenvalue weighted by Crippen LogP contribution is -2.26. The van der Waals surface area contributed by atoms with E-state index in [2.05, 4.69) is 25.9 Å². The van der Waals surface area contributed by atoms with Crippen molar-refractivity contribution in [3.8, 4) is 0 Å². The topological polar surface area (TPSA) is 43.8 Å². The molecule has 0 amide bonds. The van der Waals surface area contributed by atoms with Gasteiger partial charge in [-0.2, -0.15) is 5.10 Å². The summed E-state index contributed by atoms with van der Waals surface area (Å²) in [4.78, 5) is 0. The highest BCUT2D eigenvalue weighted by Crippen LogP contribution is 2.31. The summed E-state index contributed by atoms with van der Waals surface area (Å²) >= 11 is 0. The van der Waals surface area contributed by atoms with Crippen molar-refractivity contribution in [2.45, 2.75) is 33.7 Å². The average molecular weight is 181 g/mol. The van der Waals surface area contributed by atoms with Crippen LogP contribution in [0.5, 0.6) is 0 Å².